The number of piperazine rings is 1. The third-order valence-corrected chi connectivity index (χ3v) is 10.8. The zero-order valence-corrected chi connectivity index (χ0v) is 24.1. The Labute approximate surface area is 240 Å². The first-order chi connectivity index (χ1) is 19.2. The minimum atomic E-state index is -3.35. The Kier molecular flexibility index (Phi) is 9.44. The third-order valence-electron chi connectivity index (χ3n) is 8.58. The van der Waals surface area contributed by atoms with Gasteiger partial charge in [0, 0.05) is 60.6 Å². The molecule has 3 aliphatic rings. The van der Waals surface area contributed by atoms with Gasteiger partial charge in [-0.25, -0.2) is 12.8 Å². The van der Waals surface area contributed by atoms with Crippen LogP contribution in [0.3, 0.4) is 0 Å². The first-order valence-electron chi connectivity index (χ1n) is 14.1. The number of ether oxygens (including phenoxy) is 1. The SMILES string of the molecule is N[C@H](C(=O)Nc1cccc(F)c1CCC1CNC2CCCS(=O)(=O)N1C2)[C@@H](c1ccc(Cl)cc1)C1CCOCC1. The maximum absolute atomic E-state index is 15.1. The molecule has 1 amide bonds. The van der Waals surface area contributed by atoms with Gasteiger partial charge in [-0.15, -0.1) is 0 Å². The van der Waals surface area contributed by atoms with Gasteiger partial charge < -0.3 is 21.1 Å². The predicted molar refractivity (Wildman–Crippen MR) is 154 cm³/mol. The number of sulfonamides is 1. The number of carbonyl (C=O) groups excluding carboxylic acids is 1. The normalized spacial score (nSPS) is 26.4. The van der Waals surface area contributed by atoms with E-state index in [1.807, 2.05) is 12.1 Å². The summed E-state index contributed by atoms with van der Waals surface area (Å²) in [4.78, 5) is 13.6. The number of nitrogens with one attached hydrogen (secondary N) is 2. The van der Waals surface area contributed by atoms with E-state index in [-0.39, 0.29) is 36.1 Å². The van der Waals surface area contributed by atoms with E-state index >= 15 is 4.39 Å². The third kappa shape index (κ3) is 6.69. The van der Waals surface area contributed by atoms with Crippen molar-refractivity contribution in [3.8, 4) is 0 Å². The molecule has 218 valence electrons. The number of anilines is 1. The highest BCUT2D eigenvalue weighted by molar-refractivity contribution is 7.89. The summed E-state index contributed by atoms with van der Waals surface area (Å²) in [5.41, 5.74) is 8.28. The van der Waals surface area contributed by atoms with Crippen molar-refractivity contribution >= 4 is 33.2 Å². The number of nitrogens with zero attached hydrogens (tertiary/aromatic N) is 1. The topological polar surface area (TPSA) is 114 Å². The largest absolute Gasteiger partial charge is 0.381 e. The van der Waals surface area contributed by atoms with Crippen LogP contribution in [0.25, 0.3) is 0 Å². The first-order valence-corrected chi connectivity index (χ1v) is 16.1. The lowest BCUT2D eigenvalue weighted by Gasteiger charge is -2.37. The number of hydrogen-bond donors (Lipinski definition) is 3. The van der Waals surface area contributed by atoms with Gasteiger partial charge in [-0.1, -0.05) is 29.8 Å². The number of benzene rings is 2. The standard InChI is InChI=1S/C29H38ClFN4O4S/c30-21-8-6-19(7-9-21)27(20-12-14-39-15-13-20)28(32)29(36)34-26-5-1-4-25(31)24(26)11-10-23-17-33-22-3-2-16-40(37,38)35(23)18-22/h1,4-9,20,22-23,27-28,33H,2-3,10-18,32H2,(H,34,36)/t22?,23?,27-,28-/m0/s1. The van der Waals surface area contributed by atoms with Crippen molar-refractivity contribution < 1.29 is 22.3 Å². The van der Waals surface area contributed by atoms with E-state index in [1.165, 1.54) is 6.07 Å². The maximum Gasteiger partial charge on any atom is 0.241 e. The van der Waals surface area contributed by atoms with Crippen molar-refractivity contribution in [1.29, 1.82) is 0 Å². The number of nitrogens with two attached hydrogens (primary N) is 1. The zero-order valence-electron chi connectivity index (χ0n) is 22.5. The molecular formula is C29H38ClFN4O4S. The van der Waals surface area contributed by atoms with Gasteiger partial charge >= 0.3 is 0 Å². The van der Waals surface area contributed by atoms with Crippen LogP contribution < -0.4 is 16.4 Å². The molecule has 2 aromatic carbocycles. The van der Waals surface area contributed by atoms with E-state index in [1.54, 1.807) is 28.6 Å². The van der Waals surface area contributed by atoms with Crippen molar-refractivity contribution in [2.24, 2.45) is 11.7 Å². The van der Waals surface area contributed by atoms with Crippen LogP contribution in [-0.2, 0) is 26.0 Å². The molecule has 2 bridgehead atoms. The lowest BCUT2D eigenvalue weighted by molar-refractivity contribution is -0.118. The van der Waals surface area contributed by atoms with Crippen LogP contribution in [0.15, 0.2) is 42.5 Å². The smallest absolute Gasteiger partial charge is 0.241 e. The van der Waals surface area contributed by atoms with E-state index in [0.29, 0.717) is 55.4 Å². The number of halogens is 2. The predicted octanol–water partition coefficient (Wildman–Crippen LogP) is 3.65. The Bertz CT molecular complexity index is 1290. The van der Waals surface area contributed by atoms with Gasteiger partial charge in [0.2, 0.25) is 15.9 Å². The van der Waals surface area contributed by atoms with Gasteiger partial charge in [0.1, 0.15) is 5.82 Å². The first kappa shape index (κ1) is 29.4. The average molecular weight is 593 g/mol. The molecule has 3 saturated heterocycles. The van der Waals surface area contributed by atoms with E-state index in [9.17, 15) is 13.2 Å². The molecule has 40 heavy (non-hydrogen) atoms. The molecule has 3 aliphatic heterocycles. The number of carbonyl (C=O) groups is 1. The van der Waals surface area contributed by atoms with Crippen molar-refractivity contribution in [3.05, 3.63) is 64.4 Å². The summed E-state index contributed by atoms with van der Waals surface area (Å²) < 4.78 is 48.0. The molecule has 0 spiro atoms. The van der Waals surface area contributed by atoms with Crippen LogP contribution >= 0.6 is 11.6 Å². The number of amides is 1. The summed E-state index contributed by atoms with van der Waals surface area (Å²) in [6.45, 7) is 2.20. The van der Waals surface area contributed by atoms with E-state index < -0.39 is 27.8 Å². The van der Waals surface area contributed by atoms with Gasteiger partial charge in [0.15, 0.2) is 0 Å². The second-order valence-electron chi connectivity index (χ2n) is 11.1. The fourth-order valence-corrected chi connectivity index (χ4v) is 8.33. The molecule has 5 atom stereocenters. The minimum absolute atomic E-state index is 0.141. The van der Waals surface area contributed by atoms with Crippen LogP contribution in [0.4, 0.5) is 10.1 Å². The Morgan fingerprint density at radius 2 is 1.93 bits per heavy atom. The molecule has 2 aromatic rings. The molecule has 0 aliphatic carbocycles. The van der Waals surface area contributed by atoms with E-state index in [2.05, 4.69) is 10.6 Å². The second-order valence-corrected chi connectivity index (χ2v) is 13.6. The molecule has 3 unspecified atom stereocenters. The summed E-state index contributed by atoms with van der Waals surface area (Å²) in [6, 6.07) is 11.0. The average Bonchev–Trinajstić information content (AvgIpc) is 3.06. The van der Waals surface area contributed by atoms with Crippen LogP contribution in [0.2, 0.25) is 5.02 Å². The molecule has 3 fully saturated rings. The lowest BCUT2D eigenvalue weighted by atomic mass is 9.76. The maximum atomic E-state index is 15.1. The Hall–Kier alpha value is -2.08. The van der Waals surface area contributed by atoms with Crippen LogP contribution in [0.5, 0.6) is 0 Å². The Morgan fingerprint density at radius 1 is 1.18 bits per heavy atom. The molecule has 5 rings (SSSR count). The number of rotatable bonds is 8. The van der Waals surface area contributed by atoms with Gasteiger partial charge in [-0.3, -0.25) is 4.79 Å². The summed E-state index contributed by atoms with van der Waals surface area (Å²) in [5.74, 6) is -0.794. The number of fused-ring (bicyclic) bond motifs is 2. The van der Waals surface area contributed by atoms with Gasteiger partial charge in [0.25, 0.3) is 0 Å². The molecule has 3 heterocycles. The molecule has 0 radical (unpaired) electrons. The highest BCUT2D eigenvalue weighted by Gasteiger charge is 2.38. The quantitative estimate of drug-likeness (QED) is 0.431. The molecule has 4 N–H and O–H groups in total. The van der Waals surface area contributed by atoms with Gasteiger partial charge in [-0.05, 0) is 74.3 Å². The lowest BCUT2D eigenvalue weighted by Crippen LogP contribution is -2.57. The summed E-state index contributed by atoms with van der Waals surface area (Å²) in [7, 11) is -3.35. The van der Waals surface area contributed by atoms with Gasteiger partial charge in [-0.2, -0.15) is 4.31 Å². The fourth-order valence-electron chi connectivity index (χ4n) is 6.40. The summed E-state index contributed by atoms with van der Waals surface area (Å²) >= 11 is 6.12. The van der Waals surface area contributed by atoms with Crippen molar-refractivity contribution in [3.63, 3.8) is 0 Å². The van der Waals surface area contributed by atoms with Crippen molar-refractivity contribution in [2.75, 3.05) is 37.4 Å². The van der Waals surface area contributed by atoms with Crippen molar-refractivity contribution in [2.45, 2.75) is 62.6 Å². The van der Waals surface area contributed by atoms with E-state index in [0.717, 1.165) is 24.8 Å². The van der Waals surface area contributed by atoms with Crippen LogP contribution in [-0.4, -0.2) is 68.8 Å². The molecule has 8 nitrogen and oxygen atoms in total. The summed E-state index contributed by atoms with van der Waals surface area (Å²) in [6.07, 6.45) is 3.75. The molecular weight excluding hydrogens is 555 g/mol. The molecule has 11 heteroatoms. The zero-order chi connectivity index (χ0) is 28.3. The fraction of sp³-hybridized carbons (Fsp3) is 0.552. The molecule has 0 aromatic heterocycles. The van der Waals surface area contributed by atoms with Crippen molar-refractivity contribution in [1.82, 2.24) is 9.62 Å². The van der Waals surface area contributed by atoms with E-state index in [4.69, 9.17) is 22.1 Å². The van der Waals surface area contributed by atoms with Crippen LogP contribution in [0.1, 0.15) is 49.1 Å². The number of hydrogen-bond acceptors (Lipinski definition) is 6. The minimum Gasteiger partial charge on any atom is -0.381 e. The summed E-state index contributed by atoms with van der Waals surface area (Å²) in [5, 5.41) is 6.96. The highest BCUT2D eigenvalue weighted by atomic mass is 35.5. The molecule has 0 saturated carbocycles. The van der Waals surface area contributed by atoms with Crippen LogP contribution in [0, 0.1) is 11.7 Å². The monoisotopic (exact) mass is 592 g/mol. The Balaban J connectivity index is 1.32. The second kappa shape index (κ2) is 12.8. The van der Waals surface area contributed by atoms with Gasteiger partial charge in [0.05, 0.1) is 11.8 Å². The highest BCUT2D eigenvalue weighted by Crippen LogP contribution is 2.35. The Morgan fingerprint density at radius 3 is 2.67 bits per heavy atom.